The van der Waals surface area contributed by atoms with Crippen molar-refractivity contribution < 1.29 is 4.79 Å². The molecule has 2 nitrogen and oxygen atoms in total. The van der Waals surface area contributed by atoms with Gasteiger partial charge in [0.25, 0.3) is 0 Å². The van der Waals surface area contributed by atoms with E-state index in [4.69, 9.17) is 0 Å². The topological polar surface area (TPSA) is 20.3 Å². The molecule has 0 spiro atoms. The fourth-order valence-electron chi connectivity index (χ4n) is 3.61. The molecule has 1 amide bonds. The van der Waals surface area contributed by atoms with E-state index in [0.717, 1.165) is 25.9 Å². The van der Waals surface area contributed by atoms with Crippen molar-refractivity contribution >= 4 is 5.91 Å². The Labute approximate surface area is 97.7 Å². The molecule has 1 aliphatic heterocycles. The number of carbonyl (C=O) groups excluding carboxylic acids is 1. The first-order chi connectivity index (χ1) is 7.80. The smallest absolute Gasteiger partial charge is 0.232 e. The lowest BCUT2D eigenvalue weighted by atomic mass is 9.86. The molecule has 2 unspecified atom stereocenters. The summed E-state index contributed by atoms with van der Waals surface area (Å²) in [6, 6.07) is 0. The Kier molecular flexibility index (Phi) is 2.53. The molecule has 0 aromatic carbocycles. The number of amides is 1. The zero-order valence-electron chi connectivity index (χ0n) is 9.95. The van der Waals surface area contributed by atoms with Crippen molar-refractivity contribution in [3.05, 3.63) is 12.2 Å². The van der Waals surface area contributed by atoms with Gasteiger partial charge in [-0.25, -0.2) is 0 Å². The van der Waals surface area contributed by atoms with Crippen LogP contribution in [0.5, 0.6) is 0 Å². The van der Waals surface area contributed by atoms with Gasteiger partial charge < -0.3 is 4.90 Å². The van der Waals surface area contributed by atoms with Crippen LogP contribution in [0, 0.1) is 11.3 Å². The van der Waals surface area contributed by atoms with Crippen LogP contribution >= 0.6 is 0 Å². The number of likely N-dealkylation sites (tertiary alicyclic amines) is 1. The van der Waals surface area contributed by atoms with E-state index in [2.05, 4.69) is 17.1 Å². The zero-order valence-corrected chi connectivity index (χ0v) is 9.95. The number of fused-ring (bicyclic) bond motifs is 2. The zero-order chi connectivity index (χ0) is 11.0. The van der Waals surface area contributed by atoms with Crippen LogP contribution in [0.2, 0.25) is 0 Å². The molecule has 1 heterocycles. The summed E-state index contributed by atoms with van der Waals surface area (Å²) in [6.07, 6.45) is 12.9. The maximum Gasteiger partial charge on any atom is 0.232 e. The maximum atomic E-state index is 12.6. The Morgan fingerprint density at radius 2 is 1.94 bits per heavy atom. The molecule has 1 saturated carbocycles. The van der Waals surface area contributed by atoms with Gasteiger partial charge in [0.15, 0.2) is 0 Å². The first-order valence-electron chi connectivity index (χ1n) is 6.79. The Hall–Kier alpha value is -0.790. The van der Waals surface area contributed by atoms with Crippen molar-refractivity contribution in [2.24, 2.45) is 11.3 Å². The minimum atomic E-state index is -0.0744. The highest BCUT2D eigenvalue weighted by Crippen LogP contribution is 2.50. The predicted octanol–water partition coefficient (Wildman–Crippen LogP) is 2.75. The Balaban J connectivity index is 1.74. The van der Waals surface area contributed by atoms with Gasteiger partial charge in [0, 0.05) is 13.1 Å². The summed E-state index contributed by atoms with van der Waals surface area (Å²) < 4.78 is 0. The Morgan fingerprint density at radius 3 is 2.44 bits per heavy atom. The van der Waals surface area contributed by atoms with Gasteiger partial charge in [-0.05, 0) is 38.0 Å². The summed E-state index contributed by atoms with van der Waals surface area (Å²) in [6.45, 7) is 2.00. The molecule has 3 aliphatic rings. The third kappa shape index (κ3) is 1.59. The van der Waals surface area contributed by atoms with Gasteiger partial charge in [-0.15, -0.1) is 0 Å². The highest BCUT2D eigenvalue weighted by Gasteiger charge is 2.47. The van der Waals surface area contributed by atoms with E-state index in [9.17, 15) is 4.79 Å². The molecule has 2 heteroatoms. The van der Waals surface area contributed by atoms with Gasteiger partial charge in [0.05, 0.1) is 5.41 Å². The lowest BCUT2D eigenvalue weighted by Crippen LogP contribution is -2.41. The van der Waals surface area contributed by atoms with Crippen LogP contribution in [0.3, 0.4) is 0 Å². The first kappa shape index (κ1) is 10.4. The average molecular weight is 219 g/mol. The van der Waals surface area contributed by atoms with Crippen LogP contribution in [-0.2, 0) is 4.79 Å². The largest absolute Gasteiger partial charge is 0.342 e. The van der Waals surface area contributed by atoms with Gasteiger partial charge >= 0.3 is 0 Å². The number of nitrogens with zero attached hydrogens (tertiary/aromatic N) is 1. The minimum Gasteiger partial charge on any atom is -0.342 e. The van der Waals surface area contributed by atoms with E-state index >= 15 is 0 Å². The van der Waals surface area contributed by atoms with Crippen LogP contribution in [0.4, 0.5) is 0 Å². The molecule has 16 heavy (non-hydrogen) atoms. The molecule has 0 N–H and O–H groups in total. The van der Waals surface area contributed by atoms with Crippen molar-refractivity contribution in [1.82, 2.24) is 4.90 Å². The van der Waals surface area contributed by atoms with Gasteiger partial charge in [0.1, 0.15) is 0 Å². The Morgan fingerprint density at radius 1 is 1.19 bits per heavy atom. The second-order valence-corrected chi connectivity index (χ2v) is 5.72. The van der Waals surface area contributed by atoms with Crippen LogP contribution < -0.4 is 0 Å². The summed E-state index contributed by atoms with van der Waals surface area (Å²) in [5.74, 6) is 1.14. The molecular weight excluding hydrogens is 198 g/mol. The number of hydrogen-bond donors (Lipinski definition) is 0. The summed E-state index contributed by atoms with van der Waals surface area (Å²) >= 11 is 0. The van der Waals surface area contributed by atoms with E-state index in [0.29, 0.717) is 11.8 Å². The first-order valence-corrected chi connectivity index (χ1v) is 6.79. The highest BCUT2D eigenvalue weighted by atomic mass is 16.2. The monoisotopic (exact) mass is 219 g/mol. The number of carbonyl (C=O) groups is 1. The molecule has 0 aromatic heterocycles. The number of hydrogen-bond acceptors (Lipinski definition) is 1. The van der Waals surface area contributed by atoms with Crippen molar-refractivity contribution in [3.8, 4) is 0 Å². The van der Waals surface area contributed by atoms with Crippen LogP contribution in [0.1, 0.15) is 44.9 Å². The fraction of sp³-hybridized carbons (Fsp3) is 0.786. The average Bonchev–Trinajstić information content (AvgIpc) is 2.81. The molecule has 2 fully saturated rings. The highest BCUT2D eigenvalue weighted by molar-refractivity contribution is 5.86. The van der Waals surface area contributed by atoms with Gasteiger partial charge in [-0.1, -0.05) is 25.0 Å². The molecule has 2 atom stereocenters. The van der Waals surface area contributed by atoms with Crippen molar-refractivity contribution in [2.75, 3.05) is 13.1 Å². The number of rotatable bonds is 1. The molecular formula is C14H21NO. The third-order valence-electron chi connectivity index (χ3n) is 4.59. The normalized spacial score (nSPS) is 37.8. The van der Waals surface area contributed by atoms with E-state index in [1.54, 1.807) is 0 Å². The summed E-state index contributed by atoms with van der Waals surface area (Å²) in [7, 11) is 0. The summed E-state index contributed by atoms with van der Waals surface area (Å²) in [5.41, 5.74) is -0.0744. The molecule has 88 valence electrons. The maximum absolute atomic E-state index is 12.6. The van der Waals surface area contributed by atoms with E-state index in [-0.39, 0.29) is 5.41 Å². The second kappa shape index (κ2) is 3.90. The lowest BCUT2D eigenvalue weighted by Gasteiger charge is -2.30. The molecule has 2 aliphatic carbocycles. The lowest BCUT2D eigenvalue weighted by molar-refractivity contribution is -0.139. The molecule has 1 saturated heterocycles. The van der Waals surface area contributed by atoms with Crippen LogP contribution in [0.15, 0.2) is 12.2 Å². The van der Waals surface area contributed by atoms with Gasteiger partial charge in [-0.2, -0.15) is 0 Å². The molecule has 3 rings (SSSR count). The minimum absolute atomic E-state index is 0.0744. The summed E-state index contributed by atoms with van der Waals surface area (Å²) in [5, 5.41) is 0. The third-order valence-corrected chi connectivity index (χ3v) is 4.59. The van der Waals surface area contributed by atoms with E-state index in [1.807, 2.05) is 0 Å². The van der Waals surface area contributed by atoms with Gasteiger partial charge in [-0.3, -0.25) is 4.79 Å². The SMILES string of the molecule is O=C(N1CCCCCC1)C12C=CC(CC1)C2. The summed E-state index contributed by atoms with van der Waals surface area (Å²) in [4.78, 5) is 14.8. The van der Waals surface area contributed by atoms with Gasteiger partial charge in [0.2, 0.25) is 5.91 Å². The quantitative estimate of drug-likeness (QED) is 0.621. The standard InChI is InChI=1S/C14H21NO/c16-13(15-9-3-1-2-4-10-15)14-7-5-12(11-14)6-8-14/h5,7,12H,1-4,6,8-11H2. The predicted molar refractivity (Wildman–Crippen MR) is 64.0 cm³/mol. The molecule has 2 bridgehead atoms. The van der Waals surface area contributed by atoms with Crippen molar-refractivity contribution in [2.45, 2.75) is 44.9 Å². The molecule has 0 radical (unpaired) electrons. The number of allylic oxidation sites excluding steroid dienone is 1. The van der Waals surface area contributed by atoms with E-state index in [1.165, 1.54) is 32.1 Å². The fourth-order valence-corrected chi connectivity index (χ4v) is 3.61. The Bertz CT molecular complexity index is 315. The van der Waals surface area contributed by atoms with Crippen molar-refractivity contribution in [3.63, 3.8) is 0 Å². The van der Waals surface area contributed by atoms with Crippen LogP contribution in [-0.4, -0.2) is 23.9 Å². The van der Waals surface area contributed by atoms with Crippen molar-refractivity contribution in [1.29, 1.82) is 0 Å². The molecule has 0 aromatic rings. The van der Waals surface area contributed by atoms with E-state index < -0.39 is 0 Å². The van der Waals surface area contributed by atoms with Crippen LogP contribution in [0.25, 0.3) is 0 Å². The second-order valence-electron chi connectivity index (χ2n) is 5.72.